The third-order valence-electron chi connectivity index (χ3n) is 2.87. The molecule has 0 bridgehead atoms. The Morgan fingerprint density at radius 3 is 2.52 bits per heavy atom. The van der Waals surface area contributed by atoms with Gasteiger partial charge in [0.2, 0.25) is 0 Å². The summed E-state index contributed by atoms with van der Waals surface area (Å²) < 4.78 is 1.91. The van der Waals surface area contributed by atoms with Gasteiger partial charge in [-0.25, -0.2) is 0 Å². The second-order valence-electron chi connectivity index (χ2n) is 4.33. The average molecular weight is 345 g/mol. The van der Waals surface area contributed by atoms with E-state index in [0.29, 0.717) is 28.6 Å². The maximum Gasteiger partial charge on any atom is 0.251 e. The third kappa shape index (κ3) is 4.12. The van der Waals surface area contributed by atoms with Crippen molar-refractivity contribution >= 4 is 40.9 Å². The largest absolute Gasteiger partial charge is 0.352 e. The van der Waals surface area contributed by atoms with Gasteiger partial charge < -0.3 is 9.88 Å². The molecular formula is C13H14Cl2N4OS. The van der Waals surface area contributed by atoms with Crippen molar-refractivity contribution in [2.75, 3.05) is 12.8 Å². The smallest absolute Gasteiger partial charge is 0.251 e. The molecule has 0 unspecified atom stereocenters. The summed E-state index contributed by atoms with van der Waals surface area (Å²) in [6.07, 6.45) is 2.54. The number of hydrogen-bond acceptors (Lipinski definition) is 4. The van der Waals surface area contributed by atoms with Crippen LogP contribution in [0.4, 0.5) is 0 Å². The van der Waals surface area contributed by atoms with Gasteiger partial charge >= 0.3 is 0 Å². The van der Waals surface area contributed by atoms with Crippen LogP contribution in [0, 0.1) is 0 Å². The second-order valence-corrected chi connectivity index (χ2v) is 5.97. The van der Waals surface area contributed by atoms with Gasteiger partial charge in [0.15, 0.2) is 5.16 Å². The Balaban J connectivity index is 1.93. The van der Waals surface area contributed by atoms with Crippen LogP contribution < -0.4 is 5.32 Å². The molecule has 0 fully saturated rings. The van der Waals surface area contributed by atoms with Gasteiger partial charge in [0.1, 0.15) is 5.82 Å². The molecule has 2 aromatic rings. The van der Waals surface area contributed by atoms with Gasteiger partial charge in [-0.15, -0.1) is 10.2 Å². The van der Waals surface area contributed by atoms with Crippen LogP contribution in [0.2, 0.25) is 10.0 Å². The first-order valence-corrected chi connectivity index (χ1v) is 8.16. The highest BCUT2D eigenvalue weighted by Gasteiger charge is 2.10. The van der Waals surface area contributed by atoms with E-state index in [2.05, 4.69) is 15.5 Å². The topological polar surface area (TPSA) is 59.8 Å². The van der Waals surface area contributed by atoms with Gasteiger partial charge in [0, 0.05) is 35.6 Å². The Kier molecular flexibility index (Phi) is 5.50. The van der Waals surface area contributed by atoms with Crippen LogP contribution in [0.1, 0.15) is 16.2 Å². The van der Waals surface area contributed by atoms with Gasteiger partial charge in [-0.3, -0.25) is 4.79 Å². The number of nitrogens with zero attached hydrogens (tertiary/aromatic N) is 3. The minimum atomic E-state index is -0.216. The van der Waals surface area contributed by atoms with Crippen molar-refractivity contribution in [3.05, 3.63) is 39.6 Å². The number of aromatic nitrogens is 3. The van der Waals surface area contributed by atoms with Crippen LogP contribution in [0.3, 0.4) is 0 Å². The number of halogens is 2. The molecule has 2 rings (SSSR count). The summed E-state index contributed by atoms with van der Waals surface area (Å²) in [4.78, 5) is 12.0. The molecule has 0 spiro atoms. The monoisotopic (exact) mass is 344 g/mol. The maximum absolute atomic E-state index is 12.0. The fraction of sp³-hybridized carbons (Fsp3) is 0.308. The summed E-state index contributed by atoms with van der Waals surface area (Å²) in [5.74, 6) is 0.607. The molecule has 0 aliphatic rings. The van der Waals surface area contributed by atoms with Crippen molar-refractivity contribution in [2.24, 2.45) is 7.05 Å². The Hall–Kier alpha value is -1.24. The van der Waals surface area contributed by atoms with Crippen molar-refractivity contribution in [3.63, 3.8) is 0 Å². The van der Waals surface area contributed by atoms with E-state index >= 15 is 0 Å². The molecule has 8 heteroatoms. The minimum absolute atomic E-state index is 0.216. The molecule has 21 heavy (non-hydrogen) atoms. The Labute approximate surface area is 137 Å². The Morgan fingerprint density at radius 1 is 1.29 bits per heavy atom. The van der Waals surface area contributed by atoms with Crippen LogP contribution in [-0.2, 0) is 13.5 Å². The molecule has 0 aliphatic carbocycles. The zero-order valence-electron chi connectivity index (χ0n) is 11.6. The van der Waals surface area contributed by atoms with Gasteiger partial charge in [-0.1, -0.05) is 35.0 Å². The molecule has 1 aromatic heterocycles. The van der Waals surface area contributed by atoms with Crippen LogP contribution in [0.25, 0.3) is 0 Å². The summed E-state index contributed by atoms with van der Waals surface area (Å²) in [6, 6.07) is 4.75. The molecule has 1 aromatic carbocycles. The molecule has 1 N–H and O–H groups in total. The maximum atomic E-state index is 12.0. The fourth-order valence-electron chi connectivity index (χ4n) is 1.82. The van der Waals surface area contributed by atoms with E-state index in [9.17, 15) is 4.79 Å². The number of nitrogens with one attached hydrogen (secondary N) is 1. The highest BCUT2D eigenvalue weighted by molar-refractivity contribution is 7.98. The van der Waals surface area contributed by atoms with E-state index < -0.39 is 0 Å². The molecule has 1 amide bonds. The lowest BCUT2D eigenvalue weighted by Gasteiger charge is -2.06. The summed E-state index contributed by atoms with van der Waals surface area (Å²) in [7, 11) is 1.90. The number of carbonyl (C=O) groups is 1. The lowest BCUT2D eigenvalue weighted by Crippen LogP contribution is -2.26. The summed E-state index contributed by atoms with van der Waals surface area (Å²) in [5, 5.41) is 12.7. The average Bonchev–Trinajstić information content (AvgIpc) is 2.78. The summed E-state index contributed by atoms with van der Waals surface area (Å²) in [5.41, 5.74) is 0.440. The first-order valence-electron chi connectivity index (χ1n) is 6.18. The normalized spacial score (nSPS) is 10.7. The zero-order chi connectivity index (χ0) is 15.4. The molecule has 0 saturated heterocycles. The van der Waals surface area contributed by atoms with Crippen molar-refractivity contribution in [3.8, 4) is 0 Å². The van der Waals surface area contributed by atoms with E-state index in [-0.39, 0.29) is 5.91 Å². The standard InChI is InChI=1S/C13H14Cl2N4OS/c1-19-11(17-18-13(19)21-2)3-4-16-12(20)8-5-9(14)7-10(15)6-8/h5-7H,3-4H2,1-2H3,(H,16,20). The lowest BCUT2D eigenvalue weighted by molar-refractivity contribution is 0.0954. The molecule has 0 saturated carbocycles. The third-order valence-corrected chi connectivity index (χ3v) is 4.02. The highest BCUT2D eigenvalue weighted by atomic mass is 35.5. The van der Waals surface area contributed by atoms with E-state index in [1.54, 1.807) is 18.2 Å². The summed E-state index contributed by atoms with van der Waals surface area (Å²) >= 11 is 13.3. The van der Waals surface area contributed by atoms with Crippen LogP contribution in [0.15, 0.2) is 23.4 Å². The molecule has 0 radical (unpaired) electrons. The van der Waals surface area contributed by atoms with Gasteiger partial charge in [-0.05, 0) is 24.5 Å². The first-order chi connectivity index (χ1) is 10.0. The van der Waals surface area contributed by atoms with Gasteiger partial charge in [0.05, 0.1) is 0 Å². The van der Waals surface area contributed by atoms with E-state index in [0.717, 1.165) is 11.0 Å². The number of benzene rings is 1. The first kappa shape index (κ1) is 16.1. The minimum Gasteiger partial charge on any atom is -0.352 e. The van der Waals surface area contributed by atoms with Gasteiger partial charge in [0.25, 0.3) is 5.91 Å². The number of carbonyl (C=O) groups excluding carboxylic acids is 1. The Bertz CT molecular complexity index is 639. The van der Waals surface area contributed by atoms with E-state index in [1.807, 2.05) is 17.9 Å². The molecule has 1 heterocycles. The predicted octanol–water partition coefficient (Wildman–Crippen LogP) is 2.82. The fourth-order valence-corrected chi connectivity index (χ4v) is 2.84. The highest BCUT2D eigenvalue weighted by Crippen LogP contribution is 2.19. The number of amides is 1. The number of hydrogen-bond donors (Lipinski definition) is 1. The van der Waals surface area contributed by atoms with Crippen molar-refractivity contribution < 1.29 is 4.79 Å². The van der Waals surface area contributed by atoms with E-state index in [1.165, 1.54) is 11.8 Å². The molecule has 0 atom stereocenters. The SMILES string of the molecule is CSc1nnc(CCNC(=O)c2cc(Cl)cc(Cl)c2)n1C. The quantitative estimate of drug-likeness (QED) is 0.847. The van der Waals surface area contributed by atoms with Crippen molar-refractivity contribution in [1.82, 2.24) is 20.1 Å². The van der Waals surface area contributed by atoms with Gasteiger partial charge in [-0.2, -0.15) is 0 Å². The van der Waals surface area contributed by atoms with Crippen LogP contribution in [0.5, 0.6) is 0 Å². The zero-order valence-corrected chi connectivity index (χ0v) is 13.9. The molecular weight excluding hydrogens is 331 g/mol. The second kappa shape index (κ2) is 7.15. The Morgan fingerprint density at radius 2 is 1.95 bits per heavy atom. The number of thioether (sulfide) groups is 1. The predicted molar refractivity (Wildman–Crippen MR) is 85.3 cm³/mol. The molecule has 5 nitrogen and oxygen atoms in total. The van der Waals surface area contributed by atoms with Crippen molar-refractivity contribution in [1.29, 1.82) is 0 Å². The van der Waals surface area contributed by atoms with Crippen LogP contribution in [-0.4, -0.2) is 33.5 Å². The van der Waals surface area contributed by atoms with Crippen molar-refractivity contribution in [2.45, 2.75) is 11.6 Å². The molecule has 0 aliphatic heterocycles. The summed E-state index contributed by atoms with van der Waals surface area (Å²) in [6.45, 7) is 0.462. The lowest BCUT2D eigenvalue weighted by atomic mass is 10.2. The number of rotatable bonds is 5. The molecule has 112 valence electrons. The van der Waals surface area contributed by atoms with E-state index in [4.69, 9.17) is 23.2 Å². The van der Waals surface area contributed by atoms with Crippen LogP contribution >= 0.6 is 35.0 Å².